The summed E-state index contributed by atoms with van der Waals surface area (Å²) in [7, 11) is 0. The maximum Gasteiger partial charge on any atom is 0.0965 e. The number of nitrogens with two attached hydrogens (primary N) is 1. The lowest BCUT2D eigenvalue weighted by molar-refractivity contribution is 0.0120. The fourth-order valence-electron chi connectivity index (χ4n) is 1.35. The topological polar surface area (TPSA) is 35.2 Å². The lowest BCUT2D eigenvalue weighted by Crippen LogP contribution is -2.19. The molecule has 0 saturated carbocycles. The molecule has 0 heterocycles. The molecule has 0 aliphatic carbocycles. The standard InChI is InChI=1S/C11H15Cl2NO/c1-7(2)15-11(6-14)9-5-8(12)3-4-10(9)13/h3-5,7,11H,6,14H2,1-2H3/t11-/m0/s1. The van der Waals surface area contributed by atoms with E-state index in [1.165, 1.54) is 0 Å². The summed E-state index contributed by atoms with van der Waals surface area (Å²) in [5.41, 5.74) is 6.49. The van der Waals surface area contributed by atoms with Gasteiger partial charge >= 0.3 is 0 Å². The van der Waals surface area contributed by atoms with Gasteiger partial charge in [0.2, 0.25) is 0 Å². The van der Waals surface area contributed by atoms with Crippen LogP contribution in [-0.4, -0.2) is 12.6 Å². The molecule has 0 spiro atoms. The van der Waals surface area contributed by atoms with Crippen LogP contribution < -0.4 is 5.73 Å². The average molecular weight is 248 g/mol. The van der Waals surface area contributed by atoms with E-state index in [2.05, 4.69) is 0 Å². The van der Waals surface area contributed by atoms with Gasteiger partial charge in [-0.05, 0) is 32.0 Å². The van der Waals surface area contributed by atoms with Crippen molar-refractivity contribution in [1.29, 1.82) is 0 Å². The molecule has 1 aromatic carbocycles. The molecular weight excluding hydrogens is 233 g/mol. The van der Waals surface area contributed by atoms with E-state index in [0.29, 0.717) is 16.6 Å². The highest BCUT2D eigenvalue weighted by Crippen LogP contribution is 2.28. The first-order chi connectivity index (χ1) is 7.04. The Morgan fingerprint density at radius 3 is 2.53 bits per heavy atom. The van der Waals surface area contributed by atoms with E-state index < -0.39 is 0 Å². The lowest BCUT2D eigenvalue weighted by atomic mass is 10.1. The van der Waals surface area contributed by atoms with E-state index in [1.807, 2.05) is 13.8 Å². The van der Waals surface area contributed by atoms with Gasteiger partial charge in [-0.2, -0.15) is 0 Å². The van der Waals surface area contributed by atoms with Crippen LogP contribution >= 0.6 is 23.2 Å². The van der Waals surface area contributed by atoms with Crippen LogP contribution in [0.2, 0.25) is 10.0 Å². The third kappa shape index (κ3) is 3.65. The summed E-state index contributed by atoms with van der Waals surface area (Å²) in [4.78, 5) is 0. The maximum atomic E-state index is 6.06. The van der Waals surface area contributed by atoms with Crippen molar-refractivity contribution in [2.45, 2.75) is 26.1 Å². The Morgan fingerprint density at radius 1 is 1.33 bits per heavy atom. The van der Waals surface area contributed by atoms with Crippen molar-refractivity contribution < 1.29 is 4.74 Å². The largest absolute Gasteiger partial charge is 0.369 e. The summed E-state index contributed by atoms with van der Waals surface area (Å²) in [6, 6.07) is 5.30. The first-order valence-corrected chi connectivity index (χ1v) is 5.60. The summed E-state index contributed by atoms with van der Waals surface area (Å²) >= 11 is 12.0. The molecule has 0 aliphatic rings. The summed E-state index contributed by atoms with van der Waals surface area (Å²) in [5.74, 6) is 0. The molecule has 0 aromatic heterocycles. The smallest absolute Gasteiger partial charge is 0.0965 e. The zero-order chi connectivity index (χ0) is 11.4. The number of benzene rings is 1. The summed E-state index contributed by atoms with van der Waals surface area (Å²) in [5, 5.41) is 1.27. The Bertz CT molecular complexity index is 328. The highest BCUT2D eigenvalue weighted by molar-refractivity contribution is 6.33. The molecule has 0 radical (unpaired) electrons. The number of halogens is 2. The summed E-state index contributed by atoms with van der Waals surface area (Å²) in [6.07, 6.45) is -0.0928. The minimum absolute atomic E-state index is 0.105. The van der Waals surface area contributed by atoms with Gasteiger partial charge in [0.25, 0.3) is 0 Å². The van der Waals surface area contributed by atoms with Crippen molar-refractivity contribution >= 4 is 23.2 Å². The van der Waals surface area contributed by atoms with Crippen LogP contribution in [-0.2, 0) is 4.74 Å². The Labute approximate surface area is 100 Å². The summed E-state index contributed by atoms with van der Waals surface area (Å²) < 4.78 is 5.65. The summed E-state index contributed by atoms with van der Waals surface area (Å²) in [6.45, 7) is 4.31. The molecule has 4 heteroatoms. The monoisotopic (exact) mass is 247 g/mol. The molecule has 0 saturated heterocycles. The predicted molar refractivity (Wildman–Crippen MR) is 64.5 cm³/mol. The fourth-order valence-corrected chi connectivity index (χ4v) is 1.77. The molecule has 2 N–H and O–H groups in total. The zero-order valence-electron chi connectivity index (χ0n) is 8.84. The second kappa shape index (κ2) is 5.71. The lowest BCUT2D eigenvalue weighted by Gasteiger charge is -2.20. The van der Waals surface area contributed by atoms with Crippen molar-refractivity contribution in [1.82, 2.24) is 0 Å². The zero-order valence-corrected chi connectivity index (χ0v) is 10.3. The molecule has 1 aromatic rings. The molecule has 0 unspecified atom stereocenters. The van der Waals surface area contributed by atoms with Crippen LogP contribution in [0.1, 0.15) is 25.5 Å². The number of hydrogen-bond acceptors (Lipinski definition) is 2. The normalized spacial score (nSPS) is 13.2. The average Bonchev–Trinajstić information content (AvgIpc) is 2.18. The number of ether oxygens (including phenoxy) is 1. The fraction of sp³-hybridized carbons (Fsp3) is 0.455. The molecule has 15 heavy (non-hydrogen) atoms. The molecule has 0 aliphatic heterocycles. The predicted octanol–water partition coefficient (Wildman–Crippen LogP) is 3.42. The third-order valence-corrected chi connectivity index (χ3v) is 2.53. The van der Waals surface area contributed by atoms with E-state index in [9.17, 15) is 0 Å². The highest BCUT2D eigenvalue weighted by atomic mass is 35.5. The first kappa shape index (κ1) is 12.8. The van der Waals surface area contributed by atoms with Gasteiger partial charge in [-0.15, -0.1) is 0 Å². The third-order valence-electron chi connectivity index (χ3n) is 1.96. The molecule has 0 amide bonds. The molecule has 1 rings (SSSR count). The van der Waals surface area contributed by atoms with E-state index >= 15 is 0 Å². The van der Waals surface area contributed by atoms with Gasteiger partial charge in [-0.3, -0.25) is 0 Å². The Morgan fingerprint density at radius 2 is 2.00 bits per heavy atom. The SMILES string of the molecule is CC(C)O[C@@H](CN)c1cc(Cl)ccc1Cl. The van der Waals surface area contributed by atoms with Crippen LogP contribution in [0.3, 0.4) is 0 Å². The van der Waals surface area contributed by atoms with Crippen molar-refractivity contribution in [2.75, 3.05) is 6.54 Å². The quantitative estimate of drug-likeness (QED) is 0.886. The Balaban J connectivity index is 2.95. The Hall–Kier alpha value is -0.280. The van der Waals surface area contributed by atoms with E-state index in [4.69, 9.17) is 33.7 Å². The Kier molecular flexibility index (Phi) is 4.87. The molecule has 0 bridgehead atoms. The van der Waals surface area contributed by atoms with E-state index in [1.54, 1.807) is 18.2 Å². The van der Waals surface area contributed by atoms with Gasteiger partial charge < -0.3 is 10.5 Å². The van der Waals surface area contributed by atoms with Crippen LogP contribution in [0.5, 0.6) is 0 Å². The minimum Gasteiger partial charge on any atom is -0.369 e. The second-order valence-electron chi connectivity index (χ2n) is 3.58. The van der Waals surface area contributed by atoms with Crippen molar-refractivity contribution in [3.63, 3.8) is 0 Å². The molecule has 84 valence electrons. The van der Waals surface area contributed by atoms with Crippen molar-refractivity contribution in [3.8, 4) is 0 Å². The maximum absolute atomic E-state index is 6.06. The molecule has 0 fully saturated rings. The van der Waals surface area contributed by atoms with Crippen molar-refractivity contribution in [3.05, 3.63) is 33.8 Å². The molecular formula is C11H15Cl2NO. The molecule has 2 nitrogen and oxygen atoms in total. The number of hydrogen-bond donors (Lipinski definition) is 1. The van der Waals surface area contributed by atoms with Gasteiger partial charge in [0.1, 0.15) is 0 Å². The van der Waals surface area contributed by atoms with Crippen molar-refractivity contribution in [2.24, 2.45) is 5.73 Å². The van der Waals surface area contributed by atoms with Gasteiger partial charge in [0.05, 0.1) is 12.2 Å². The van der Waals surface area contributed by atoms with Crippen LogP contribution in [0.15, 0.2) is 18.2 Å². The van der Waals surface area contributed by atoms with Crippen LogP contribution in [0.25, 0.3) is 0 Å². The highest BCUT2D eigenvalue weighted by Gasteiger charge is 2.15. The van der Waals surface area contributed by atoms with Crippen LogP contribution in [0.4, 0.5) is 0 Å². The molecule has 1 atom stereocenters. The minimum atomic E-state index is -0.198. The van der Waals surface area contributed by atoms with Gasteiger partial charge in [0.15, 0.2) is 0 Å². The van der Waals surface area contributed by atoms with Gasteiger partial charge in [-0.1, -0.05) is 23.2 Å². The van der Waals surface area contributed by atoms with Gasteiger partial charge in [-0.25, -0.2) is 0 Å². The van der Waals surface area contributed by atoms with Gasteiger partial charge in [0, 0.05) is 22.2 Å². The van der Waals surface area contributed by atoms with E-state index in [0.717, 1.165) is 5.56 Å². The number of rotatable bonds is 4. The van der Waals surface area contributed by atoms with Crippen LogP contribution in [0, 0.1) is 0 Å². The first-order valence-electron chi connectivity index (χ1n) is 4.85. The second-order valence-corrected chi connectivity index (χ2v) is 4.42. The van der Waals surface area contributed by atoms with E-state index in [-0.39, 0.29) is 12.2 Å².